The second kappa shape index (κ2) is 9.11. The molecule has 0 aliphatic carbocycles. The standard InChI is InChI=1S/C22H24FN5O3/c1-2-31-21(30)18-19(15-6-8-16(23)9-7-15)25-22(26-20(18)29)28-13-11-27(12-14-28)17-5-3-4-10-24-17/h3-10,18-19H,2,11-14H2,1H3,(H,25,26,29)/t18-,19-/m0/s1. The van der Waals surface area contributed by atoms with E-state index in [0.717, 1.165) is 5.82 Å². The van der Waals surface area contributed by atoms with E-state index >= 15 is 0 Å². The molecular weight excluding hydrogens is 401 g/mol. The maximum Gasteiger partial charge on any atom is 0.321 e. The molecule has 4 rings (SSSR count). The SMILES string of the molecule is CCOC(=O)[C@@H]1C(=O)NC(N2CCN(c3ccccn3)CC2)=N[C@H]1c1ccc(F)cc1. The van der Waals surface area contributed by atoms with Crippen molar-refractivity contribution in [3.8, 4) is 0 Å². The lowest BCUT2D eigenvalue weighted by Crippen LogP contribution is -2.57. The van der Waals surface area contributed by atoms with Crippen LogP contribution in [-0.4, -0.2) is 60.5 Å². The zero-order chi connectivity index (χ0) is 21.8. The Bertz CT molecular complexity index is 959. The van der Waals surface area contributed by atoms with Gasteiger partial charge in [-0.25, -0.2) is 14.4 Å². The molecule has 3 heterocycles. The molecule has 0 spiro atoms. The van der Waals surface area contributed by atoms with Crippen LogP contribution in [0.3, 0.4) is 0 Å². The lowest BCUT2D eigenvalue weighted by Gasteiger charge is -2.39. The van der Waals surface area contributed by atoms with Gasteiger partial charge >= 0.3 is 5.97 Å². The van der Waals surface area contributed by atoms with E-state index in [9.17, 15) is 14.0 Å². The van der Waals surface area contributed by atoms with Crippen molar-refractivity contribution in [2.24, 2.45) is 10.9 Å². The Morgan fingerprint density at radius 2 is 1.84 bits per heavy atom. The number of amides is 1. The van der Waals surface area contributed by atoms with E-state index in [1.54, 1.807) is 25.3 Å². The molecule has 0 radical (unpaired) electrons. The summed E-state index contributed by atoms with van der Waals surface area (Å²) in [5.74, 6) is -1.30. The Morgan fingerprint density at radius 1 is 1.13 bits per heavy atom. The smallest absolute Gasteiger partial charge is 0.321 e. The van der Waals surface area contributed by atoms with Gasteiger partial charge in [-0.15, -0.1) is 0 Å². The third kappa shape index (κ3) is 4.50. The predicted octanol–water partition coefficient (Wildman–Crippen LogP) is 1.75. The maximum absolute atomic E-state index is 13.4. The highest BCUT2D eigenvalue weighted by molar-refractivity contribution is 6.08. The number of nitrogens with one attached hydrogen (secondary N) is 1. The van der Waals surface area contributed by atoms with E-state index in [0.29, 0.717) is 37.7 Å². The lowest BCUT2D eigenvalue weighted by molar-refractivity contribution is -0.153. The average molecular weight is 425 g/mol. The number of hydrogen-bond acceptors (Lipinski definition) is 7. The van der Waals surface area contributed by atoms with Gasteiger partial charge in [0.25, 0.3) is 0 Å². The molecule has 31 heavy (non-hydrogen) atoms. The van der Waals surface area contributed by atoms with Crippen molar-refractivity contribution in [2.45, 2.75) is 13.0 Å². The van der Waals surface area contributed by atoms with Crippen LogP contribution in [0.2, 0.25) is 0 Å². The molecule has 9 heteroatoms. The van der Waals surface area contributed by atoms with Crippen LogP contribution in [0.1, 0.15) is 18.5 Å². The molecule has 1 aromatic carbocycles. The minimum absolute atomic E-state index is 0.158. The van der Waals surface area contributed by atoms with Crippen LogP contribution in [0.5, 0.6) is 0 Å². The number of piperazine rings is 1. The van der Waals surface area contributed by atoms with Gasteiger partial charge < -0.3 is 14.5 Å². The summed E-state index contributed by atoms with van der Waals surface area (Å²) in [5, 5.41) is 2.77. The molecule has 1 N–H and O–H groups in total. The zero-order valence-electron chi connectivity index (χ0n) is 17.2. The summed E-state index contributed by atoms with van der Waals surface area (Å²) in [4.78, 5) is 38.6. The number of rotatable bonds is 4. The van der Waals surface area contributed by atoms with Crippen LogP contribution < -0.4 is 10.2 Å². The largest absolute Gasteiger partial charge is 0.465 e. The Hall–Kier alpha value is -3.49. The van der Waals surface area contributed by atoms with Crippen LogP contribution in [-0.2, 0) is 14.3 Å². The summed E-state index contributed by atoms with van der Waals surface area (Å²) in [5.41, 5.74) is 0.582. The van der Waals surface area contributed by atoms with Gasteiger partial charge in [0.2, 0.25) is 11.9 Å². The molecule has 0 unspecified atom stereocenters. The van der Waals surface area contributed by atoms with E-state index in [1.165, 1.54) is 12.1 Å². The molecule has 2 atom stereocenters. The Morgan fingerprint density at radius 3 is 2.48 bits per heavy atom. The van der Waals surface area contributed by atoms with Crippen LogP contribution in [0.15, 0.2) is 53.7 Å². The normalized spacial score (nSPS) is 21.4. The molecule has 8 nitrogen and oxygen atoms in total. The maximum atomic E-state index is 13.4. The summed E-state index contributed by atoms with van der Waals surface area (Å²) >= 11 is 0. The fourth-order valence-electron chi connectivity index (χ4n) is 3.81. The fraction of sp³-hybridized carbons (Fsp3) is 0.364. The molecule has 1 aromatic heterocycles. The molecule has 1 amide bonds. The molecule has 0 bridgehead atoms. The van der Waals surface area contributed by atoms with Crippen molar-refractivity contribution >= 4 is 23.7 Å². The molecule has 2 aliphatic heterocycles. The van der Waals surface area contributed by atoms with Crippen LogP contribution in [0, 0.1) is 11.7 Å². The number of anilines is 1. The molecule has 1 saturated heterocycles. The summed E-state index contributed by atoms with van der Waals surface area (Å²) in [6.45, 7) is 4.54. The monoisotopic (exact) mass is 425 g/mol. The number of halogens is 1. The first-order chi connectivity index (χ1) is 15.1. The molecule has 2 aliphatic rings. The third-order valence-corrected chi connectivity index (χ3v) is 5.40. The van der Waals surface area contributed by atoms with Crippen LogP contribution in [0.25, 0.3) is 0 Å². The van der Waals surface area contributed by atoms with Gasteiger partial charge in [0, 0.05) is 32.4 Å². The highest BCUT2D eigenvalue weighted by Gasteiger charge is 2.42. The van der Waals surface area contributed by atoms with Crippen molar-refractivity contribution in [1.82, 2.24) is 15.2 Å². The molecule has 162 valence electrons. The molecule has 0 saturated carbocycles. The Labute approximate surface area is 179 Å². The fourth-order valence-corrected chi connectivity index (χ4v) is 3.81. The van der Waals surface area contributed by atoms with Gasteiger partial charge in [-0.1, -0.05) is 18.2 Å². The number of nitrogens with zero attached hydrogens (tertiary/aromatic N) is 4. The highest BCUT2D eigenvalue weighted by atomic mass is 19.1. The van der Waals surface area contributed by atoms with Gasteiger partial charge in [-0.2, -0.15) is 0 Å². The first kappa shape index (κ1) is 20.8. The zero-order valence-corrected chi connectivity index (χ0v) is 17.2. The van der Waals surface area contributed by atoms with Gasteiger partial charge in [0.15, 0.2) is 5.92 Å². The van der Waals surface area contributed by atoms with E-state index in [4.69, 9.17) is 9.73 Å². The second-order valence-corrected chi connectivity index (χ2v) is 7.33. The molecule has 1 fully saturated rings. The third-order valence-electron chi connectivity index (χ3n) is 5.40. The topological polar surface area (TPSA) is 87.1 Å². The van der Waals surface area contributed by atoms with E-state index in [-0.39, 0.29) is 6.61 Å². The first-order valence-corrected chi connectivity index (χ1v) is 10.3. The van der Waals surface area contributed by atoms with Gasteiger partial charge in [0.1, 0.15) is 17.7 Å². The number of aliphatic imine (C=N–C) groups is 1. The second-order valence-electron chi connectivity index (χ2n) is 7.33. The Kier molecular flexibility index (Phi) is 6.11. The number of guanidine groups is 1. The highest BCUT2D eigenvalue weighted by Crippen LogP contribution is 2.31. The van der Waals surface area contributed by atoms with Gasteiger partial charge in [-0.05, 0) is 36.8 Å². The number of benzene rings is 1. The van der Waals surface area contributed by atoms with Gasteiger partial charge in [0.05, 0.1) is 6.61 Å². The van der Waals surface area contributed by atoms with Crippen LogP contribution in [0.4, 0.5) is 10.2 Å². The van der Waals surface area contributed by atoms with Crippen LogP contribution >= 0.6 is 0 Å². The number of ether oxygens (including phenoxy) is 1. The Balaban J connectivity index is 1.56. The quantitative estimate of drug-likeness (QED) is 0.593. The average Bonchev–Trinajstić information content (AvgIpc) is 2.80. The molecular formula is C22H24FN5O3. The van der Waals surface area contributed by atoms with E-state index < -0.39 is 29.7 Å². The van der Waals surface area contributed by atoms with Crippen molar-refractivity contribution in [3.63, 3.8) is 0 Å². The van der Waals surface area contributed by atoms with Crippen molar-refractivity contribution in [3.05, 3.63) is 60.0 Å². The predicted molar refractivity (Wildman–Crippen MR) is 113 cm³/mol. The van der Waals surface area contributed by atoms with Gasteiger partial charge in [-0.3, -0.25) is 14.9 Å². The summed E-state index contributed by atoms with van der Waals surface area (Å²) in [6.07, 6.45) is 1.76. The number of carbonyl (C=O) groups is 2. The lowest BCUT2D eigenvalue weighted by atomic mass is 9.91. The number of esters is 1. The number of hydrogen-bond donors (Lipinski definition) is 1. The minimum atomic E-state index is -1.12. The number of carbonyl (C=O) groups excluding carboxylic acids is 2. The van der Waals surface area contributed by atoms with E-state index in [1.807, 2.05) is 23.1 Å². The summed E-state index contributed by atoms with van der Waals surface area (Å²) in [7, 11) is 0. The molecule has 2 aromatic rings. The van der Waals surface area contributed by atoms with Crippen molar-refractivity contribution in [2.75, 3.05) is 37.7 Å². The summed E-state index contributed by atoms with van der Waals surface area (Å²) < 4.78 is 18.5. The number of pyridine rings is 1. The number of aromatic nitrogens is 1. The van der Waals surface area contributed by atoms with Crippen molar-refractivity contribution < 1.29 is 18.7 Å². The first-order valence-electron chi connectivity index (χ1n) is 10.3. The van der Waals surface area contributed by atoms with Crippen molar-refractivity contribution in [1.29, 1.82) is 0 Å². The van der Waals surface area contributed by atoms with E-state index in [2.05, 4.69) is 15.2 Å². The summed E-state index contributed by atoms with van der Waals surface area (Å²) in [6, 6.07) is 10.7. The minimum Gasteiger partial charge on any atom is -0.465 e.